The van der Waals surface area contributed by atoms with Gasteiger partial charge in [-0.25, -0.2) is 10.2 Å². The number of aromatic hydroxyl groups is 1. The summed E-state index contributed by atoms with van der Waals surface area (Å²) in [5, 5.41) is 19.9. The van der Waals surface area contributed by atoms with Gasteiger partial charge in [0, 0.05) is 6.42 Å². The zero-order valence-electron chi connectivity index (χ0n) is 16.4. The molecule has 0 unspecified atom stereocenters. The highest BCUT2D eigenvalue weighted by molar-refractivity contribution is 14.1. The number of hydrogen-bond acceptors (Lipinski definition) is 8. The Labute approximate surface area is 244 Å². The van der Waals surface area contributed by atoms with Crippen LogP contribution in [0.1, 0.15) is 5.56 Å². The average molecular weight is 907 g/mol. The van der Waals surface area contributed by atoms with Gasteiger partial charge >= 0.3 is 5.97 Å². The number of carbonyl (C=O) groups is 2. The molecule has 32 heavy (non-hydrogen) atoms. The lowest BCUT2D eigenvalue weighted by atomic mass is 10.1. The minimum absolute atomic E-state index is 0.209. The van der Waals surface area contributed by atoms with E-state index in [0.29, 0.717) is 18.6 Å². The van der Waals surface area contributed by atoms with Crippen molar-refractivity contribution in [3.05, 3.63) is 44.1 Å². The Kier molecular flexibility index (Phi) is 13.8. The van der Waals surface area contributed by atoms with Crippen LogP contribution in [-0.2, 0) is 20.7 Å². The van der Waals surface area contributed by atoms with E-state index in [-0.39, 0.29) is 18.7 Å². The van der Waals surface area contributed by atoms with E-state index in [1.165, 1.54) is 7.11 Å². The lowest BCUT2D eigenvalue weighted by Gasteiger charge is -2.18. The van der Waals surface area contributed by atoms with Crippen LogP contribution >= 0.6 is 103 Å². The number of halogens is 4. The number of benzene rings is 2. The van der Waals surface area contributed by atoms with E-state index in [9.17, 15) is 14.7 Å². The van der Waals surface area contributed by atoms with E-state index in [4.69, 9.17) is 20.6 Å². The van der Waals surface area contributed by atoms with Gasteiger partial charge in [0.25, 0.3) is 0 Å². The van der Waals surface area contributed by atoms with E-state index < -0.39 is 17.9 Å². The fourth-order valence-corrected chi connectivity index (χ4v) is 6.20. The summed E-state index contributed by atoms with van der Waals surface area (Å²) in [5.41, 5.74) is 6.17. The maximum atomic E-state index is 12.0. The second-order valence-electron chi connectivity index (χ2n) is 5.88. The lowest BCUT2D eigenvalue weighted by Crippen LogP contribution is -2.45. The van der Waals surface area contributed by atoms with Crippen molar-refractivity contribution < 1.29 is 24.2 Å². The molecule has 2 aromatic carbocycles. The number of thiocarbonyl (C=S) groups is 1. The second kappa shape index (κ2) is 14.8. The molecule has 0 aliphatic rings. The van der Waals surface area contributed by atoms with Gasteiger partial charge in [0.15, 0.2) is 5.75 Å². The Hall–Kier alpha value is -0.340. The molecule has 0 heterocycles. The lowest BCUT2D eigenvalue weighted by molar-refractivity contribution is -0.144. The number of esters is 1. The summed E-state index contributed by atoms with van der Waals surface area (Å²) in [6, 6.07) is 6.47. The quantitative estimate of drug-likeness (QED) is 0.140. The first-order valence-corrected chi connectivity index (χ1v) is 13.2. The molecule has 2 rings (SSSR count). The summed E-state index contributed by atoms with van der Waals surface area (Å²) < 4.78 is 13.9. The first kappa shape index (κ1) is 29.7. The first-order chi connectivity index (χ1) is 15.1. The predicted molar refractivity (Wildman–Crippen MR) is 158 cm³/mol. The Bertz CT molecular complexity index is 986. The monoisotopic (exact) mass is 907 g/mol. The fourth-order valence-electron chi connectivity index (χ4n) is 2.37. The molecule has 0 radical (unpaired) electrons. The number of rotatable bonds is 7. The number of phenols is 1. The molecule has 13 heteroatoms. The summed E-state index contributed by atoms with van der Waals surface area (Å²) in [7, 11) is 1.27. The minimum Gasteiger partial charge on any atom is -0.506 e. The van der Waals surface area contributed by atoms with Gasteiger partial charge in [-0.1, -0.05) is 0 Å². The van der Waals surface area contributed by atoms with Gasteiger partial charge in [0.2, 0.25) is 5.91 Å². The van der Waals surface area contributed by atoms with Crippen LogP contribution in [0.15, 0.2) is 24.3 Å². The van der Waals surface area contributed by atoms with Gasteiger partial charge in [0.1, 0.15) is 17.5 Å². The molecule has 2 aromatic rings. The van der Waals surface area contributed by atoms with Crippen molar-refractivity contribution in [2.24, 2.45) is 5.73 Å². The summed E-state index contributed by atoms with van der Waals surface area (Å²) in [6.07, 6.45) is 0.264. The molecule has 0 saturated heterocycles. The molecule has 1 atom stereocenters. The smallest absolute Gasteiger partial charge is 0.328 e. The molecule has 0 bridgehead atoms. The highest BCUT2D eigenvalue weighted by Crippen LogP contribution is 2.37. The van der Waals surface area contributed by atoms with Crippen LogP contribution in [0.3, 0.4) is 0 Å². The van der Waals surface area contributed by atoms with Gasteiger partial charge in [-0.2, -0.15) is 0 Å². The van der Waals surface area contributed by atoms with Crippen molar-refractivity contribution in [2.75, 3.05) is 13.7 Å². The Morgan fingerprint density at radius 2 is 1.66 bits per heavy atom. The molecular formula is C19H17I4N3O5S. The number of phenolic OH excluding ortho intramolecular Hbond substituents is 1. The number of hydrogen-bond donors (Lipinski definition) is 4. The number of carbonyl (C=O) groups excluding carboxylic acids is 2. The van der Waals surface area contributed by atoms with E-state index >= 15 is 0 Å². The van der Waals surface area contributed by atoms with Crippen molar-refractivity contribution in [2.45, 2.75) is 12.5 Å². The van der Waals surface area contributed by atoms with Crippen molar-refractivity contribution in [3.63, 3.8) is 0 Å². The number of ether oxygens (including phenoxy) is 2. The zero-order valence-corrected chi connectivity index (χ0v) is 25.8. The van der Waals surface area contributed by atoms with Crippen LogP contribution < -0.4 is 15.8 Å². The summed E-state index contributed by atoms with van der Waals surface area (Å²) in [5.74, 6) is 0.550. The van der Waals surface area contributed by atoms with Crippen molar-refractivity contribution in [3.8, 4) is 17.2 Å². The molecule has 0 aromatic heterocycles. The molecular weight excluding hydrogens is 890 g/mol. The average Bonchev–Trinajstić information content (AvgIpc) is 2.73. The maximum Gasteiger partial charge on any atom is 0.328 e. The summed E-state index contributed by atoms with van der Waals surface area (Å²) in [6.45, 7) is -0.209. The van der Waals surface area contributed by atoms with Crippen LogP contribution in [0.2, 0.25) is 0 Å². The molecule has 0 saturated carbocycles. The number of isothiocyanates is 1. The number of amides is 1. The van der Waals surface area contributed by atoms with E-state index in [0.717, 1.165) is 12.7 Å². The van der Waals surface area contributed by atoms with Crippen molar-refractivity contribution >= 4 is 120 Å². The van der Waals surface area contributed by atoms with Crippen LogP contribution in [0.5, 0.6) is 17.2 Å². The highest BCUT2D eigenvalue weighted by atomic mass is 127. The SMILES string of the molecule is COC(=O)[C@H](Cc1cc(I)c(Oc2cc(I)c(O)c(I)c2)c(I)c1)NC(=O)CN.N=C=S. The fraction of sp³-hybridized carbons (Fsp3) is 0.211. The van der Waals surface area contributed by atoms with Crippen LogP contribution in [-0.4, -0.2) is 41.8 Å². The van der Waals surface area contributed by atoms with Gasteiger partial charge < -0.3 is 25.6 Å². The zero-order chi connectivity index (χ0) is 24.4. The molecule has 0 spiro atoms. The summed E-state index contributed by atoms with van der Waals surface area (Å²) >= 11 is 12.2. The number of methoxy groups -OCH3 is 1. The maximum absolute atomic E-state index is 12.0. The molecule has 1 amide bonds. The molecule has 8 nitrogen and oxygen atoms in total. The Morgan fingerprint density at radius 3 is 2.09 bits per heavy atom. The van der Waals surface area contributed by atoms with Gasteiger partial charge in [-0.15, -0.1) is 0 Å². The van der Waals surface area contributed by atoms with Crippen LogP contribution in [0.25, 0.3) is 0 Å². The third-order valence-electron chi connectivity index (χ3n) is 3.71. The Morgan fingerprint density at radius 1 is 1.16 bits per heavy atom. The predicted octanol–water partition coefficient (Wildman–Crippen LogP) is 4.43. The number of nitrogens with two attached hydrogens (primary N) is 1. The molecule has 0 aliphatic carbocycles. The van der Waals surface area contributed by atoms with Crippen molar-refractivity contribution in [1.29, 1.82) is 5.41 Å². The molecule has 172 valence electrons. The normalized spacial score (nSPS) is 10.8. The van der Waals surface area contributed by atoms with Gasteiger partial charge in [-0.05, 0) is 132 Å². The third kappa shape index (κ3) is 9.13. The Balaban J connectivity index is 0.00000161. The third-order valence-corrected chi connectivity index (χ3v) is 6.96. The van der Waals surface area contributed by atoms with E-state index in [1.54, 1.807) is 17.3 Å². The molecule has 0 aliphatic heterocycles. The van der Waals surface area contributed by atoms with E-state index in [2.05, 4.69) is 108 Å². The van der Waals surface area contributed by atoms with Gasteiger partial charge in [-0.3, -0.25) is 4.79 Å². The minimum atomic E-state index is -0.824. The summed E-state index contributed by atoms with van der Waals surface area (Å²) in [4.78, 5) is 23.6. The van der Waals surface area contributed by atoms with Crippen molar-refractivity contribution in [1.82, 2.24) is 5.32 Å². The topological polar surface area (TPSA) is 135 Å². The van der Waals surface area contributed by atoms with E-state index in [1.807, 2.05) is 12.1 Å². The largest absolute Gasteiger partial charge is 0.506 e. The second-order valence-corrected chi connectivity index (χ2v) is 10.7. The first-order valence-electron chi connectivity index (χ1n) is 8.52. The number of nitrogens with one attached hydrogen (secondary N) is 2. The van der Waals surface area contributed by atoms with Gasteiger partial charge in [0.05, 0.1) is 33.1 Å². The standard InChI is InChI=1S/C18H16I4N2O5.CHNS/c1-28-18(27)14(24-15(25)7-23)4-8-2-12(21)17(13(22)3-8)29-9-5-10(19)16(26)11(20)6-9;2-1-3/h2-3,5-6,14,26H,4,7,23H2,1H3,(H,24,25);2H/t14-;/m0./s1. The highest BCUT2D eigenvalue weighted by Gasteiger charge is 2.23. The van der Waals surface area contributed by atoms with Crippen LogP contribution in [0.4, 0.5) is 0 Å². The van der Waals surface area contributed by atoms with Crippen LogP contribution in [0, 0.1) is 19.7 Å². The molecule has 5 N–H and O–H groups in total. The molecule has 0 fully saturated rings.